The predicted octanol–water partition coefficient (Wildman–Crippen LogP) is 3.81. The molecule has 1 fully saturated rings. The lowest BCUT2D eigenvalue weighted by Gasteiger charge is -2.28. The number of hydrogen-bond donors (Lipinski definition) is 1. The Bertz CT molecular complexity index is 902. The molecule has 28 heavy (non-hydrogen) atoms. The molecule has 0 spiro atoms. The van der Waals surface area contributed by atoms with Crippen molar-refractivity contribution in [1.82, 2.24) is 4.90 Å². The normalized spacial score (nSPS) is 18.2. The lowest BCUT2D eigenvalue weighted by Crippen LogP contribution is -2.43. The number of carbonyl (C=O) groups is 2. The predicted molar refractivity (Wildman–Crippen MR) is 109 cm³/mol. The van der Waals surface area contributed by atoms with Gasteiger partial charge in [-0.05, 0) is 49.4 Å². The standard InChI is InChI=1S/C20H20FN3O3S/c1-3-27-16-9-7-14(8-10-16)22-19(26)17-12-18(25)24(2)20(28-17)23-15-6-4-5-13(21)11-15/h4-11,17H,3,12H2,1-2H3,(H,22,26)/t17-/m1/s1. The van der Waals surface area contributed by atoms with Crippen LogP contribution >= 0.6 is 11.8 Å². The fourth-order valence-corrected chi connectivity index (χ4v) is 3.64. The number of thioether (sulfide) groups is 1. The molecule has 0 unspecified atom stereocenters. The van der Waals surface area contributed by atoms with Gasteiger partial charge in [-0.15, -0.1) is 0 Å². The van der Waals surface area contributed by atoms with E-state index in [4.69, 9.17) is 4.74 Å². The summed E-state index contributed by atoms with van der Waals surface area (Å²) in [4.78, 5) is 30.7. The van der Waals surface area contributed by atoms with Crippen LogP contribution in [0.1, 0.15) is 13.3 Å². The second kappa shape index (κ2) is 8.88. The van der Waals surface area contributed by atoms with Gasteiger partial charge in [-0.3, -0.25) is 14.5 Å². The Morgan fingerprint density at radius 3 is 2.75 bits per heavy atom. The van der Waals surface area contributed by atoms with Gasteiger partial charge in [0.2, 0.25) is 11.8 Å². The summed E-state index contributed by atoms with van der Waals surface area (Å²) in [5.74, 6) is -0.210. The quantitative estimate of drug-likeness (QED) is 0.827. The number of rotatable bonds is 5. The minimum Gasteiger partial charge on any atom is -0.494 e. The van der Waals surface area contributed by atoms with Gasteiger partial charge in [-0.2, -0.15) is 0 Å². The van der Waals surface area contributed by atoms with Crippen molar-refractivity contribution in [3.8, 4) is 5.75 Å². The van der Waals surface area contributed by atoms with Crippen molar-refractivity contribution in [2.45, 2.75) is 18.6 Å². The molecular formula is C20H20FN3O3S. The molecule has 2 aromatic rings. The number of benzene rings is 2. The average Bonchev–Trinajstić information content (AvgIpc) is 2.67. The fraction of sp³-hybridized carbons (Fsp3) is 0.250. The first-order valence-electron chi connectivity index (χ1n) is 8.77. The molecular weight excluding hydrogens is 381 g/mol. The number of anilines is 1. The van der Waals surface area contributed by atoms with Crippen molar-refractivity contribution in [1.29, 1.82) is 0 Å². The van der Waals surface area contributed by atoms with Gasteiger partial charge in [0, 0.05) is 19.2 Å². The van der Waals surface area contributed by atoms with Gasteiger partial charge >= 0.3 is 0 Å². The monoisotopic (exact) mass is 401 g/mol. The zero-order chi connectivity index (χ0) is 20.1. The molecule has 2 amide bonds. The molecule has 0 aliphatic carbocycles. The zero-order valence-electron chi connectivity index (χ0n) is 15.5. The minimum atomic E-state index is -0.623. The lowest BCUT2D eigenvalue weighted by molar-refractivity contribution is -0.128. The van der Waals surface area contributed by atoms with E-state index < -0.39 is 11.1 Å². The molecule has 6 nitrogen and oxygen atoms in total. The van der Waals surface area contributed by atoms with Gasteiger partial charge in [0.25, 0.3) is 0 Å². The van der Waals surface area contributed by atoms with E-state index in [0.717, 1.165) is 0 Å². The topological polar surface area (TPSA) is 71.0 Å². The summed E-state index contributed by atoms with van der Waals surface area (Å²) in [7, 11) is 1.59. The molecule has 1 aliphatic heterocycles. The van der Waals surface area contributed by atoms with Crippen LogP contribution in [0.3, 0.4) is 0 Å². The number of hydrogen-bond acceptors (Lipinski definition) is 5. The van der Waals surface area contributed by atoms with Crippen molar-refractivity contribution in [2.24, 2.45) is 4.99 Å². The van der Waals surface area contributed by atoms with E-state index in [1.54, 1.807) is 43.4 Å². The first-order chi connectivity index (χ1) is 13.5. The number of aliphatic imine (C=N–C) groups is 1. The van der Waals surface area contributed by atoms with Crippen LogP contribution in [0.4, 0.5) is 15.8 Å². The summed E-state index contributed by atoms with van der Waals surface area (Å²) in [6.45, 7) is 2.46. The number of carbonyl (C=O) groups excluding carboxylic acids is 2. The smallest absolute Gasteiger partial charge is 0.238 e. The van der Waals surface area contributed by atoms with Crippen LogP contribution in [0.15, 0.2) is 53.5 Å². The zero-order valence-corrected chi connectivity index (χ0v) is 16.3. The number of halogens is 1. The largest absolute Gasteiger partial charge is 0.494 e. The number of nitrogens with zero attached hydrogens (tertiary/aromatic N) is 2. The lowest BCUT2D eigenvalue weighted by atomic mass is 10.2. The second-order valence-electron chi connectivity index (χ2n) is 6.08. The second-order valence-corrected chi connectivity index (χ2v) is 7.25. The third kappa shape index (κ3) is 4.89. The number of ether oxygens (including phenoxy) is 1. The molecule has 1 aliphatic rings. The molecule has 1 saturated heterocycles. The van der Waals surface area contributed by atoms with Crippen LogP contribution in [0.2, 0.25) is 0 Å². The molecule has 146 valence electrons. The maximum absolute atomic E-state index is 13.4. The average molecular weight is 401 g/mol. The molecule has 0 radical (unpaired) electrons. The molecule has 0 bridgehead atoms. The van der Waals surface area contributed by atoms with E-state index in [0.29, 0.717) is 28.9 Å². The third-order valence-corrected chi connectivity index (χ3v) is 5.27. The first kappa shape index (κ1) is 19.9. The molecule has 2 aromatic carbocycles. The third-order valence-electron chi connectivity index (χ3n) is 4.03. The van der Waals surface area contributed by atoms with Gasteiger partial charge in [-0.25, -0.2) is 9.38 Å². The minimum absolute atomic E-state index is 0.0617. The highest BCUT2D eigenvalue weighted by molar-refractivity contribution is 8.15. The first-order valence-corrected chi connectivity index (χ1v) is 9.65. The van der Waals surface area contributed by atoms with Crippen LogP contribution in [0.25, 0.3) is 0 Å². The molecule has 1 N–H and O–H groups in total. The molecule has 0 saturated carbocycles. The van der Waals surface area contributed by atoms with Crippen molar-refractivity contribution < 1.29 is 18.7 Å². The Morgan fingerprint density at radius 2 is 2.07 bits per heavy atom. The molecule has 1 heterocycles. The summed E-state index contributed by atoms with van der Waals surface area (Å²) < 4.78 is 18.8. The SMILES string of the molecule is CCOc1ccc(NC(=O)[C@H]2CC(=O)N(C)C(=Nc3cccc(F)c3)S2)cc1. The highest BCUT2D eigenvalue weighted by Gasteiger charge is 2.34. The summed E-state index contributed by atoms with van der Waals surface area (Å²) in [5.41, 5.74) is 0.999. The van der Waals surface area contributed by atoms with E-state index in [1.165, 1.54) is 28.8 Å². The summed E-state index contributed by atoms with van der Waals surface area (Å²) in [5, 5.41) is 2.54. The summed E-state index contributed by atoms with van der Waals surface area (Å²) in [6.07, 6.45) is 0.0617. The van der Waals surface area contributed by atoms with E-state index in [2.05, 4.69) is 10.3 Å². The number of amides is 2. The maximum Gasteiger partial charge on any atom is 0.238 e. The van der Waals surface area contributed by atoms with E-state index in [-0.39, 0.29) is 18.2 Å². The van der Waals surface area contributed by atoms with Gasteiger partial charge in [0.15, 0.2) is 5.17 Å². The van der Waals surface area contributed by atoms with Crippen molar-refractivity contribution in [2.75, 3.05) is 19.0 Å². The van der Waals surface area contributed by atoms with Gasteiger partial charge in [0.1, 0.15) is 16.8 Å². The van der Waals surface area contributed by atoms with E-state index >= 15 is 0 Å². The highest BCUT2D eigenvalue weighted by Crippen LogP contribution is 2.29. The Kier molecular flexibility index (Phi) is 6.30. The van der Waals surface area contributed by atoms with E-state index in [9.17, 15) is 14.0 Å². The van der Waals surface area contributed by atoms with Crippen LogP contribution in [0.5, 0.6) is 5.75 Å². The van der Waals surface area contributed by atoms with Crippen LogP contribution in [0, 0.1) is 5.82 Å². The van der Waals surface area contributed by atoms with Crippen LogP contribution in [-0.2, 0) is 9.59 Å². The van der Waals surface area contributed by atoms with Crippen molar-refractivity contribution in [3.05, 3.63) is 54.3 Å². The Balaban J connectivity index is 1.72. The van der Waals surface area contributed by atoms with Crippen LogP contribution in [-0.4, -0.2) is 40.8 Å². The van der Waals surface area contributed by atoms with Gasteiger partial charge in [-0.1, -0.05) is 17.8 Å². The van der Waals surface area contributed by atoms with E-state index in [1.807, 2.05) is 6.92 Å². The van der Waals surface area contributed by atoms with Gasteiger partial charge < -0.3 is 10.1 Å². The molecule has 0 aromatic heterocycles. The number of nitrogens with one attached hydrogen (secondary N) is 1. The molecule has 8 heteroatoms. The summed E-state index contributed by atoms with van der Waals surface area (Å²) in [6, 6.07) is 12.8. The Morgan fingerprint density at radius 1 is 1.32 bits per heavy atom. The summed E-state index contributed by atoms with van der Waals surface area (Å²) >= 11 is 1.18. The highest BCUT2D eigenvalue weighted by atomic mass is 32.2. The number of amidine groups is 1. The van der Waals surface area contributed by atoms with Crippen molar-refractivity contribution in [3.63, 3.8) is 0 Å². The molecule has 3 rings (SSSR count). The van der Waals surface area contributed by atoms with Crippen molar-refractivity contribution >= 4 is 40.1 Å². The van der Waals surface area contributed by atoms with Crippen LogP contribution < -0.4 is 10.1 Å². The fourth-order valence-electron chi connectivity index (χ4n) is 2.58. The molecule has 1 atom stereocenters. The Hall–Kier alpha value is -2.87. The maximum atomic E-state index is 13.4. The van der Waals surface area contributed by atoms with Gasteiger partial charge in [0.05, 0.1) is 12.3 Å². The Labute approximate surface area is 166 Å².